The quantitative estimate of drug-likeness (QED) is 0.674. The van der Waals surface area contributed by atoms with E-state index < -0.39 is 15.6 Å². The van der Waals surface area contributed by atoms with Crippen molar-refractivity contribution in [3.63, 3.8) is 0 Å². The fraction of sp³-hybridized carbons (Fsp3) is 0.727. The normalized spacial score (nSPS) is 23.1. The minimum absolute atomic E-state index is 0.102. The van der Waals surface area contributed by atoms with Crippen LogP contribution in [0.4, 0.5) is 10.6 Å². The molecule has 9 nitrogen and oxygen atoms in total. The van der Waals surface area contributed by atoms with Gasteiger partial charge in [-0.3, -0.25) is 0 Å². The lowest BCUT2D eigenvalue weighted by Crippen LogP contribution is -2.48. The molecular weight excluding hydrogens is 432 g/mol. The van der Waals surface area contributed by atoms with Crippen LogP contribution in [0.5, 0.6) is 5.75 Å². The van der Waals surface area contributed by atoms with Crippen molar-refractivity contribution < 1.29 is 22.7 Å². The van der Waals surface area contributed by atoms with Crippen LogP contribution < -0.4 is 9.64 Å². The molecule has 32 heavy (non-hydrogen) atoms. The van der Waals surface area contributed by atoms with Crippen LogP contribution in [0, 0.1) is 5.92 Å². The summed E-state index contributed by atoms with van der Waals surface area (Å²) in [6, 6.07) is 2.08. The molecule has 0 spiro atoms. The highest BCUT2D eigenvalue weighted by Gasteiger charge is 2.35. The van der Waals surface area contributed by atoms with Gasteiger partial charge in [0.15, 0.2) is 0 Å². The van der Waals surface area contributed by atoms with Crippen LogP contribution in [0.3, 0.4) is 0 Å². The van der Waals surface area contributed by atoms with Crippen LogP contribution in [0.2, 0.25) is 0 Å². The van der Waals surface area contributed by atoms with E-state index >= 15 is 0 Å². The van der Waals surface area contributed by atoms with Gasteiger partial charge in [-0.2, -0.15) is 4.31 Å². The highest BCUT2D eigenvalue weighted by molar-refractivity contribution is 7.88. The van der Waals surface area contributed by atoms with Gasteiger partial charge in [0.05, 0.1) is 12.5 Å². The molecule has 1 unspecified atom stereocenters. The minimum atomic E-state index is -3.15. The lowest BCUT2D eigenvalue weighted by atomic mass is 9.89. The van der Waals surface area contributed by atoms with Gasteiger partial charge >= 0.3 is 6.09 Å². The first-order chi connectivity index (χ1) is 15.0. The molecule has 1 atom stereocenters. The van der Waals surface area contributed by atoms with Crippen molar-refractivity contribution in [2.24, 2.45) is 5.92 Å². The van der Waals surface area contributed by atoms with Gasteiger partial charge in [-0.05, 0) is 45.6 Å². The second-order valence-electron chi connectivity index (χ2n) is 9.96. The molecule has 0 N–H and O–H groups in total. The molecule has 2 fully saturated rings. The zero-order valence-corrected chi connectivity index (χ0v) is 20.2. The largest absolute Gasteiger partial charge is 0.488 e. The number of carbonyl (C=O) groups excluding carboxylic acids is 1. The van der Waals surface area contributed by atoms with Crippen LogP contribution in [-0.2, 0) is 21.2 Å². The molecule has 1 amide bonds. The first-order valence-electron chi connectivity index (χ1n) is 11.3. The van der Waals surface area contributed by atoms with Crippen molar-refractivity contribution in [3.8, 4) is 5.75 Å². The summed E-state index contributed by atoms with van der Waals surface area (Å²) in [5, 5.41) is 0. The number of piperidine rings is 1. The van der Waals surface area contributed by atoms with E-state index in [1.54, 1.807) is 11.1 Å². The minimum Gasteiger partial charge on any atom is -0.488 e. The third-order valence-electron chi connectivity index (χ3n) is 6.38. The summed E-state index contributed by atoms with van der Waals surface area (Å²) in [5.41, 5.74) is 0.673. The predicted molar refractivity (Wildman–Crippen MR) is 122 cm³/mol. The number of ether oxygens (including phenoxy) is 2. The van der Waals surface area contributed by atoms with E-state index in [2.05, 4.69) is 16.0 Å². The number of aromatic nitrogens is 1. The smallest absolute Gasteiger partial charge is 0.410 e. The number of hydrogen-bond donors (Lipinski definition) is 0. The highest BCUT2D eigenvalue weighted by Crippen LogP contribution is 2.36. The van der Waals surface area contributed by atoms with Crippen molar-refractivity contribution in [2.45, 2.75) is 51.7 Å². The Kier molecular flexibility index (Phi) is 6.28. The number of likely N-dealkylation sites (tertiary alicyclic amines) is 1. The summed E-state index contributed by atoms with van der Waals surface area (Å²) < 4.78 is 36.7. The number of sulfonamides is 1. The monoisotopic (exact) mass is 466 g/mol. The topological polar surface area (TPSA) is 92.3 Å². The van der Waals surface area contributed by atoms with E-state index in [4.69, 9.17) is 9.47 Å². The lowest BCUT2D eigenvalue weighted by Gasteiger charge is -2.35. The van der Waals surface area contributed by atoms with E-state index in [1.807, 2.05) is 20.8 Å². The van der Waals surface area contributed by atoms with Crippen molar-refractivity contribution in [2.75, 3.05) is 50.4 Å². The Morgan fingerprint density at radius 3 is 2.38 bits per heavy atom. The fourth-order valence-corrected chi connectivity index (χ4v) is 5.45. The number of carbonyl (C=O) groups is 1. The van der Waals surface area contributed by atoms with Crippen molar-refractivity contribution in [1.82, 2.24) is 14.2 Å². The van der Waals surface area contributed by atoms with Gasteiger partial charge < -0.3 is 19.3 Å². The van der Waals surface area contributed by atoms with Gasteiger partial charge in [-0.15, -0.1) is 0 Å². The molecule has 1 aromatic rings. The molecule has 3 aliphatic rings. The third-order valence-corrected chi connectivity index (χ3v) is 7.69. The van der Waals surface area contributed by atoms with Gasteiger partial charge in [0.25, 0.3) is 0 Å². The Hall–Kier alpha value is -2.07. The van der Waals surface area contributed by atoms with E-state index in [0.29, 0.717) is 45.2 Å². The maximum atomic E-state index is 12.3. The summed E-state index contributed by atoms with van der Waals surface area (Å²) in [6.07, 6.45) is 5.54. The number of amides is 1. The Morgan fingerprint density at radius 2 is 1.78 bits per heavy atom. The number of pyridine rings is 1. The molecule has 0 aliphatic carbocycles. The Labute approximate surface area is 190 Å². The lowest BCUT2D eigenvalue weighted by molar-refractivity contribution is 0.0123. The molecule has 0 aromatic carbocycles. The van der Waals surface area contributed by atoms with Gasteiger partial charge in [0.2, 0.25) is 10.0 Å². The number of hydrogen-bond acceptors (Lipinski definition) is 7. The van der Waals surface area contributed by atoms with Gasteiger partial charge in [-0.25, -0.2) is 18.2 Å². The zero-order valence-electron chi connectivity index (χ0n) is 19.4. The first kappa shape index (κ1) is 23.1. The summed E-state index contributed by atoms with van der Waals surface area (Å²) in [6.45, 7) is 9.24. The van der Waals surface area contributed by atoms with E-state index in [1.165, 1.54) is 10.6 Å². The average Bonchev–Trinajstić information content (AvgIpc) is 3.15. The van der Waals surface area contributed by atoms with E-state index in [9.17, 15) is 13.2 Å². The van der Waals surface area contributed by atoms with Gasteiger partial charge in [0.1, 0.15) is 23.3 Å². The molecule has 0 bridgehead atoms. The third kappa shape index (κ3) is 5.28. The summed E-state index contributed by atoms with van der Waals surface area (Å²) in [4.78, 5) is 20.8. The van der Waals surface area contributed by atoms with Crippen LogP contribution in [0.1, 0.15) is 39.2 Å². The average molecular weight is 467 g/mol. The van der Waals surface area contributed by atoms with Crippen LogP contribution in [0.25, 0.3) is 0 Å². The van der Waals surface area contributed by atoms with E-state index in [0.717, 1.165) is 36.4 Å². The number of fused-ring (bicyclic) bond motifs is 1. The fourth-order valence-electron chi connectivity index (χ4n) is 4.62. The Balaban J connectivity index is 1.31. The van der Waals surface area contributed by atoms with Crippen molar-refractivity contribution in [3.05, 3.63) is 17.8 Å². The highest BCUT2D eigenvalue weighted by atomic mass is 32.2. The van der Waals surface area contributed by atoms with Gasteiger partial charge in [0, 0.05) is 51.3 Å². The Bertz CT molecular complexity index is 946. The van der Waals surface area contributed by atoms with Crippen molar-refractivity contribution >= 4 is 21.9 Å². The molecule has 10 heteroatoms. The van der Waals surface area contributed by atoms with E-state index in [-0.39, 0.29) is 12.2 Å². The molecule has 0 radical (unpaired) electrons. The number of piperazine rings is 1. The molecule has 4 heterocycles. The number of nitrogens with zero attached hydrogens (tertiary/aromatic N) is 4. The Morgan fingerprint density at radius 1 is 1.12 bits per heavy atom. The summed E-state index contributed by atoms with van der Waals surface area (Å²) in [7, 11) is -3.15. The van der Waals surface area contributed by atoms with Gasteiger partial charge in [-0.1, -0.05) is 0 Å². The molecular formula is C22H34N4O5S. The van der Waals surface area contributed by atoms with Crippen molar-refractivity contribution in [1.29, 1.82) is 0 Å². The maximum absolute atomic E-state index is 12.3. The molecule has 178 valence electrons. The molecule has 4 rings (SSSR count). The summed E-state index contributed by atoms with van der Waals surface area (Å²) in [5.74, 6) is 2.10. The predicted octanol–water partition coefficient (Wildman–Crippen LogP) is 2.11. The molecule has 3 aliphatic heterocycles. The number of rotatable bonds is 3. The zero-order chi connectivity index (χ0) is 23.1. The second kappa shape index (κ2) is 8.70. The van der Waals surface area contributed by atoms with Crippen LogP contribution in [0.15, 0.2) is 12.3 Å². The second-order valence-corrected chi connectivity index (χ2v) is 11.9. The number of anilines is 1. The standard InChI is InChI=1S/C22H34N4O5S/c1-22(2,3)31-21(27)25-7-5-16(6-8-25)18-13-17-14-20(23-15-19(17)30-18)24-9-11-26(12-10-24)32(4,28)29/h14-16,18H,5-13H2,1-4H3. The van der Waals surface area contributed by atoms with Crippen LogP contribution in [-0.4, -0.2) is 85.9 Å². The first-order valence-corrected chi connectivity index (χ1v) is 13.2. The SMILES string of the molecule is CC(C)(C)OC(=O)N1CCC(C2Cc3cc(N4CCN(S(C)(=O)=O)CC4)ncc3O2)CC1. The molecule has 2 saturated heterocycles. The maximum Gasteiger partial charge on any atom is 0.410 e. The molecule has 0 saturated carbocycles. The molecule has 1 aromatic heterocycles. The summed E-state index contributed by atoms with van der Waals surface area (Å²) >= 11 is 0. The van der Waals surface area contributed by atoms with Crippen LogP contribution >= 0.6 is 0 Å².